The van der Waals surface area contributed by atoms with Gasteiger partial charge in [-0.3, -0.25) is 4.79 Å². The van der Waals surface area contributed by atoms with E-state index in [1.165, 1.54) is 6.07 Å². The van der Waals surface area contributed by atoms with Crippen molar-refractivity contribution in [1.29, 1.82) is 0 Å². The zero-order valence-electron chi connectivity index (χ0n) is 14.9. The first-order valence-corrected chi connectivity index (χ1v) is 8.80. The third-order valence-corrected chi connectivity index (χ3v) is 4.65. The van der Waals surface area contributed by atoms with Crippen molar-refractivity contribution in [3.05, 3.63) is 71.9 Å². The SMILES string of the molecule is Cc1c(C(=O)N2CCC(Oc3cccc(F)n3)C2)cnn1-c1ccccc1. The van der Waals surface area contributed by atoms with Gasteiger partial charge in [-0.15, -0.1) is 0 Å². The van der Waals surface area contributed by atoms with Gasteiger partial charge in [0.1, 0.15) is 6.10 Å². The Morgan fingerprint density at radius 1 is 1.19 bits per heavy atom. The standard InChI is InChI=1S/C20H19FN4O2/c1-14-17(12-22-25(14)15-6-3-2-4-7-15)20(26)24-11-10-16(13-24)27-19-9-5-8-18(21)23-19/h2-9,12,16H,10-11,13H2,1H3. The number of carbonyl (C=O) groups is 1. The maximum atomic E-state index is 13.2. The number of benzene rings is 1. The van der Waals surface area contributed by atoms with Crippen LogP contribution in [0.4, 0.5) is 4.39 Å². The molecule has 4 rings (SSSR count). The number of rotatable bonds is 4. The maximum absolute atomic E-state index is 13.2. The van der Waals surface area contributed by atoms with Crippen LogP contribution < -0.4 is 4.74 Å². The van der Waals surface area contributed by atoms with Crippen LogP contribution in [0.15, 0.2) is 54.7 Å². The highest BCUT2D eigenvalue weighted by Gasteiger charge is 2.30. The second-order valence-electron chi connectivity index (χ2n) is 6.47. The lowest BCUT2D eigenvalue weighted by Gasteiger charge is -2.17. The number of ether oxygens (including phenoxy) is 1. The fraction of sp³-hybridized carbons (Fsp3) is 0.250. The molecule has 0 spiro atoms. The van der Waals surface area contributed by atoms with Crippen molar-refractivity contribution in [1.82, 2.24) is 19.7 Å². The van der Waals surface area contributed by atoms with E-state index in [9.17, 15) is 9.18 Å². The summed E-state index contributed by atoms with van der Waals surface area (Å²) in [5.41, 5.74) is 2.28. The molecule has 27 heavy (non-hydrogen) atoms. The molecule has 1 aliphatic heterocycles. The Hall–Kier alpha value is -3.22. The van der Waals surface area contributed by atoms with Crippen LogP contribution in [0.5, 0.6) is 5.88 Å². The van der Waals surface area contributed by atoms with Crippen molar-refractivity contribution < 1.29 is 13.9 Å². The summed E-state index contributed by atoms with van der Waals surface area (Å²) >= 11 is 0. The average Bonchev–Trinajstić information content (AvgIpc) is 3.29. The van der Waals surface area contributed by atoms with Crippen LogP contribution in [0.2, 0.25) is 0 Å². The summed E-state index contributed by atoms with van der Waals surface area (Å²) in [6.45, 7) is 2.90. The molecule has 1 saturated heterocycles. The quantitative estimate of drug-likeness (QED) is 0.666. The summed E-state index contributed by atoms with van der Waals surface area (Å²) in [6, 6.07) is 14.1. The summed E-state index contributed by atoms with van der Waals surface area (Å²) in [5, 5.41) is 4.36. The Balaban J connectivity index is 1.46. The third-order valence-electron chi connectivity index (χ3n) is 4.65. The van der Waals surface area contributed by atoms with Gasteiger partial charge in [0.15, 0.2) is 0 Å². The normalized spacial score (nSPS) is 16.5. The summed E-state index contributed by atoms with van der Waals surface area (Å²) in [6.07, 6.45) is 2.08. The van der Waals surface area contributed by atoms with E-state index in [2.05, 4.69) is 10.1 Å². The predicted molar refractivity (Wildman–Crippen MR) is 97.4 cm³/mol. The minimum absolute atomic E-state index is 0.0759. The Morgan fingerprint density at radius 3 is 2.78 bits per heavy atom. The van der Waals surface area contributed by atoms with Gasteiger partial charge in [0.05, 0.1) is 29.7 Å². The molecule has 1 aromatic carbocycles. The third kappa shape index (κ3) is 3.53. The Labute approximate surface area is 156 Å². The van der Waals surface area contributed by atoms with Crippen LogP contribution in [0.25, 0.3) is 5.69 Å². The van der Waals surface area contributed by atoms with Crippen LogP contribution in [0.1, 0.15) is 22.5 Å². The van der Waals surface area contributed by atoms with E-state index in [0.717, 1.165) is 11.4 Å². The first kappa shape index (κ1) is 17.2. The van der Waals surface area contributed by atoms with Gasteiger partial charge >= 0.3 is 0 Å². The second-order valence-corrected chi connectivity index (χ2v) is 6.47. The van der Waals surface area contributed by atoms with E-state index in [1.807, 2.05) is 37.3 Å². The zero-order valence-corrected chi connectivity index (χ0v) is 14.9. The minimum Gasteiger partial charge on any atom is -0.472 e. The van der Waals surface area contributed by atoms with Crippen molar-refractivity contribution in [2.45, 2.75) is 19.4 Å². The number of halogens is 1. The molecular weight excluding hydrogens is 347 g/mol. The Bertz CT molecular complexity index is 958. The predicted octanol–water partition coefficient (Wildman–Crippen LogP) is 3.01. The molecule has 0 N–H and O–H groups in total. The lowest BCUT2D eigenvalue weighted by molar-refractivity contribution is 0.0770. The maximum Gasteiger partial charge on any atom is 0.257 e. The Morgan fingerprint density at radius 2 is 2.00 bits per heavy atom. The van der Waals surface area contributed by atoms with Crippen LogP contribution in [-0.4, -0.2) is 44.8 Å². The summed E-state index contributed by atoms with van der Waals surface area (Å²) < 4.78 is 20.7. The molecule has 7 heteroatoms. The molecule has 6 nitrogen and oxygen atoms in total. The average molecular weight is 366 g/mol. The molecule has 1 aliphatic rings. The smallest absolute Gasteiger partial charge is 0.257 e. The summed E-state index contributed by atoms with van der Waals surface area (Å²) in [7, 11) is 0. The van der Waals surface area contributed by atoms with Crippen molar-refractivity contribution in [3.8, 4) is 11.6 Å². The number of pyridine rings is 1. The number of para-hydroxylation sites is 1. The number of hydrogen-bond acceptors (Lipinski definition) is 4. The number of hydrogen-bond donors (Lipinski definition) is 0. The highest BCUT2D eigenvalue weighted by molar-refractivity contribution is 5.95. The molecule has 1 amide bonds. The monoisotopic (exact) mass is 366 g/mol. The first-order chi connectivity index (χ1) is 13.1. The van der Waals surface area contributed by atoms with Gasteiger partial charge in [0, 0.05) is 19.0 Å². The largest absolute Gasteiger partial charge is 0.472 e. The number of aromatic nitrogens is 3. The van der Waals surface area contributed by atoms with Crippen LogP contribution in [0, 0.1) is 12.9 Å². The van der Waals surface area contributed by atoms with E-state index in [4.69, 9.17) is 4.74 Å². The van der Waals surface area contributed by atoms with E-state index < -0.39 is 5.95 Å². The van der Waals surface area contributed by atoms with Crippen molar-refractivity contribution in [2.24, 2.45) is 0 Å². The van der Waals surface area contributed by atoms with Crippen molar-refractivity contribution >= 4 is 5.91 Å². The van der Waals surface area contributed by atoms with E-state index in [-0.39, 0.29) is 17.9 Å². The summed E-state index contributed by atoms with van der Waals surface area (Å²) in [5.74, 6) is -0.419. The Kier molecular flexibility index (Phi) is 4.58. The zero-order chi connectivity index (χ0) is 18.8. The van der Waals surface area contributed by atoms with E-state index in [0.29, 0.717) is 25.1 Å². The lowest BCUT2D eigenvalue weighted by Crippen LogP contribution is -2.31. The molecule has 0 saturated carbocycles. The van der Waals surface area contributed by atoms with Crippen LogP contribution in [-0.2, 0) is 0 Å². The van der Waals surface area contributed by atoms with Gasteiger partial charge in [0.2, 0.25) is 11.8 Å². The molecule has 138 valence electrons. The topological polar surface area (TPSA) is 60.3 Å². The number of amides is 1. The fourth-order valence-electron chi connectivity index (χ4n) is 3.25. The minimum atomic E-state index is -0.581. The van der Waals surface area contributed by atoms with Crippen molar-refractivity contribution in [2.75, 3.05) is 13.1 Å². The number of likely N-dealkylation sites (tertiary alicyclic amines) is 1. The molecule has 0 aliphatic carbocycles. The van der Waals surface area contributed by atoms with Gasteiger partial charge in [-0.1, -0.05) is 24.3 Å². The van der Waals surface area contributed by atoms with Gasteiger partial charge in [0.25, 0.3) is 5.91 Å². The van der Waals surface area contributed by atoms with Crippen LogP contribution >= 0.6 is 0 Å². The lowest BCUT2D eigenvalue weighted by atomic mass is 10.2. The molecule has 1 fully saturated rings. The van der Waals surface area contributed by atoms with Gasteiger partial charge in [-0.25, -0.2) is 4.68 Å². The first-order valence-electron chi connectivity index (χ1n) is 8.80. The number of carbonyl (C=O) groups excluding carboxylic acids is 1. The molecule has 1 unspecified atom stereocenters. The van der Waals surface area contributed by atoms with Crippen LogP contribution in [0.3, 0.4) is 0 Å². The second kappa shape index (κ2) is 7.19. The summed E-state index contributed by atoms with van der Waals surface area (Å²) in [4.78, 5) is 18.4. The highest BCUT2D eigenvalue weighted by Crippen LogP contribution is 2.21. The molecular formula is C20H19FN4O2. The molecule has 3 heterocycles. The van der Waals surface area contributed by atoms with Crippen molar-refractivity contribution in [3.63, 3.8) is 0 Å². The molecule has 2 aromatic heterocycles. The van der Waals surface area contributed by atoms with E-state index in [1.54, 1.807) is 27.9 Å². The molecule has 0 bridgehead atoms. The molecule has 3 aromatic rings. The molecule has 1 atom stereocenters. The fourth-order valence-corrected chi connectivity index (χ4v) is 3.25. The highest BCUT2D eigenvalue weighted by atomic mass is 19.1. The van der Waals surface area contributed by atoms with Gasteiger partial charge < -0.3 is 9.64 Å². The van der Waals surface area contributed by atoms with Gasteiger partial charge in [-0.2, -0.15) is 14.5 Å². The van der Waals surface area contributed by atoms with Gasteiger partial charge in [-0.05, 0) is 25.1 Å². The molecule has 0 radical (unpaired) electrons. The number of nitrogens with zero attached hydrogens (tertiary/aromatic N) is 4. The van der Waals surface area contributed by atoms with E-state index >= 15 is 0 Å².